The van der Waals surface area contributed by atoms with Gasteiger partial charge in [-0.25, -0.2) is 0 Å². The van der Waals surface area contributed by atoms with Gasteiger partial charge in [-0.15, -0.1) is 0 Å². The Kier molecular flexibility index (Phi) is 4.28. The van der Waals surface area contributed by atoms with E-state index in [2.05, 4.69) is 6.92 Å². The monoisotopic (exact) mass is 254 g/mol. The molecule has 1 saturated heterocycles. The Morgan fingerprint density at radius 1 is 1.39 bits per heavy atom. The second kappa shape index (κ2) is 5.57. The molecule has 1 saturated carbocycles. The third-order valence-electron chi connectivity index (χ3n) is 4.63. The molecule has 0 unspecified atom stereocenters. The first-order chi connectivity index (χ1) is 8.61. The first-order valence-electron chi connectivity index (χ1n) is 7.09. The Hall–Kier alpha value is -0.610. The average molecular weight is 254 g/mol. The number of rotatable bonds is 4. The van der Waals surface area contributed by atoms with Crippen LogP contribution in [0.2, 0.25) is 0 Å². The van der Waals surface area contributed by atoms with Crippen LogP contribution in [0, 0.1) is 17.3 Å². The molecule has 0 atom stereocenters. The molecule has 1 heterocycles. The van der Waals surface area contributed by atoms with Crippen molar-refractivity contribution in [3.8, 4) is 0 Å². The Morgan fingerprint density at radius 2 is 2.00 bits per heavy atom. The summed E-state index contributed by atoms with van der Waals surface area (Å²) in [4.78, 5) is 14.6. The first-order valence-corrected chi connectivity index (χ1v) is 7.09. The van der Waals surface area contributed by atoms with Gasteiger partial charge in [0.1, 0.15) is 0 Å². The smallest absolute Gasteiger partial charge is 0.230 e. The van der Waals surface area contributed by atoms with E-state index in [1.165, 1.54) is 0 Å². The van der Waals surface area contributed by atoms with Gasteiger partial charge in [0.2, 0.25) is 5.91 Å². The molecule has 0 spiro atoms. The highest BCUT2D eigenvalue weighted by atomic mass is 16.5. The van der Waals surface area contributed by atoms with Crippen molar-refractivity contribution in [3.63, 3.8) is 0 Å². The molecule has 2 N–H and O–H groups in total. The molecule has 104 valence electrons. The number of piperidine rings is 1. The maximum absolute atomic E-state index is 12.6. The Bertz CT molecular complexity index is 292. The lowest BCUT2D eigenvalue weighted by molar-refractivity contribution is -0.151. The van der Waals surface area contributed by atoms with Crippen molar-refractivity contribution in [2.75, 3.05) is 33.4 Å². The number of likely N-dealkylation sites (tertiary alicyclic amines) is 1. The number of hydrogen-bond donors (Lipinski definition) is 1. The molecule has 2 fully saturated rings. The minimum absolute atomic E-state index is 0.229. The predicted molar refractivity (Wildman–Crippen MR) is 71.1 cm³/mol. The van der Waals surface area contributed by atoms with Crippen molar-refractivity contribution >= 4 is 5.91 Å². The van der Waals surface area contributed by atoms with E-state index in [1.54, 1.807) is 7.11 Å². The third kappa shape index (κ3) is 2.54. The molecule has 0 aromatic rings. The summed E-state index contributed by atoms with van der Waals surface area (Å²) < 4.78 is 5.19. The van der Waals surface area contributed by atoms with Gasteiger partial charge in [-0.2, -0.15) is 0 Å². The van der Waals surface area contributed by atoms with E-state index >= 15 is 0 Å². The number of methoxy groups -OCH3 is 1. The van der Waals surface area contributed by atoms with Crippen LogP contribution < -0.4 is 5.73 Å². The molecular weight excluding hydrogens is 228 g/mol. The maximum Gasteiger partial charge on any atom is 0.230 e. The molecule has 0 aromatic carbocycles. The van der Waals surface area contributed by atoms with Gasteiger partial charge in [0, 0.05) is 33.4 Å². The van der Waals surface area contributed by atoms with E-state index in [-0.39, 0.29) is 5.41 Å². The minimum Gasteiger partial charge on any atom is -0.384 e. The van der Waals surface area contributed by atoms with E-state index in [0.717, 1.165) is 45.4 Å². The SMILES string of the molecule is COCC1CCN(C(=O)C2(CN)CC(C)C2)CC1. The lowest BCUT2D eigenvalue weighted by Crippen LogP contribution is -2.56. The van der Waals surface area contributed by atoms with Crippen molar-refractivity contribution in [2.24, 2.45) is 23.0 Å². The Labute approximate surface area is 110 Å². The fourth-order valence-corrected chi connectivity index (χ4v) is 3.58. The number of nitrogens with two attached hydrogens (primary N) is 1. The van der Waals surface area contributed by atoms with Crippen LogP contribution in [-0.2, 0) is 9.53 Å². The third-order valence-corrected chi connectivity index (χ3v) is 4.63. The van der Waals surface area contributed by atoms with Crippen LogP contribution in [0.15, 0.2) is 0 Å². The summed E-state index contributed by atoms with van der Waals surface area (Å²) in [6, 6.07) is 0. The molecule has 1 aliphatic carbocycles. The Morgan fingerprint density at radius 3 is 2.44 bits per heavy atom. The number of carbonyl (C=O) groups is 1. The highest BCUT2D eigenvalue weighted by molar-refractivity contribution is 5.84. The second-order valence-electron chi connectivity index (χ2n) is 6.19. The van der Waals surface area contributed by atoms with E-state index in [1.807, 2.05) is 4.90 Å². The first kappa shape index (κ1) is 13.8. The number of hydrogen-bond acceptors (Lipinski definition) is 3. The van der Waals surface area contributed by atoms with Crippen molar-refractivity contribution in [1.82, 2.24) is 4.90 Å². The molecule has 0 aromatic heterocycles. The van der Waals surface area contributed by atoms with Crippen LogP contribution in [0.3, 0.4) is 0 Å². The second-order valence-corrected chi connectivity index (χ2v) is 6.19. The summed E-state index contributed by atoms with van der Waals surface area (Å²) in [5.74, 6) is 1.58. The largest absolute Gasteiger partial charge is 0.384 e. The fourth-order valence-electron chi connectivity index (χ4n) is 3.58. The van der Waals surface area contributed by atoms with E-state index < -0.39 is 0 Å². The van der Waals surface area contributed by atoms with Crippen LogP contribution >= 0.6 is 0 Å². The van der Waals surface area contributed by atoms with Gasteiger partial charge in [0.25, 0.3) is 0 Å². The quantitative estimate of drug-likeness (QED) is 0.821. The Balaban J connectivity index is 1.87. The standard InChI is InChI=1S/C14H26N2O2/c1-11-7-14(8-11,10-15)13(17)16-5-3-12(4-6-16)9-18-2/h11-12H,3-10,15H2,1-2H3. The van der Waals surface area contributed by atoms with Crippen LogP contribution in [-0.4, -0.2) is 44.2 Å². The van der Waals surface area contributed by atoms with Gasteiger partial charge in [-0.3, -0.25) is 4.79 Å². The summed E-state index contributed by atoms with van der Waals surface area (Å²) >= 11 is 0. The zero-order valence-electron chi connectivity index (χ0n) is 11.7. The molecule has 4 nitrogen and oxygen atoms in total. The zero-order chi connectivity index (χ0) is 13.2. The van der Waals surface area contributed by atoms with Crippen LogP contribution in [0.5, 0.6) is 0 Å². The molecule has 4 heteroatoms. The number of amides is 1. The lowest BCUT2D eigenvalue weighted by Gasteiger charge is -2.48. The average Bonchev–Trinajstić information content (AvgIpc) is 2.35. The maximum atomic E-state index is 12.6. The molecule has 2 rings (SSSR count). The highest BCUT2D eigenvalue weighted by Gasteiger charge is 2.49. The normalized spacial score (nSPS) is 33.3. The van der Waals surface area contributed by atoms with E-state index in [9.17, 15) is 4.79 Å². The van der Waals surface area contributed by atoms with E-state index in [0.29, 0.717) is 24.3 Å². The number of carbonyl (C=O) groups excluding carboxylic acids is 1. The lowest BCUT2D eigenvalue weighted by atomic mass is 9.61. The molecule has 18 heavy (non-hydrogen) atoms. The molecule has 2 aliphatic rings. The van der Waals surface area contributed by atoms with Crippen molar-refractivity contribution in [3.05, 3.63) is 0 Å². The summed E-state index contributed by atoms with van der Waals surface area (Å²) in [6.45, 7) is 5.28. The number of ether oxygens (including phenoxy) is 1. The van der Waals surface area contributed by atoms with Crippen LogP contribution in [0.4, 0.5) is 0 Å². The summed E-state index contributed by atoms with van der Waals surface area (Å²) in [5.41, 5.74) is 5.62. The van der Waals surface area contributed by atoms with Gasteiger partial charge in [-0.1, -0.05) is 6.92 Å². The summed E-state index contributed by atoms with van der Waals surface area (Å²) in [7, 11) is 1.75. The van der Waals surface area contributed by atoms with Gasteiger partial charge >= 0.3 is 0 Å². The van der Waals surface area contributed by atoms with Crippen molar-refractivity contribution in [1.29, 1.82) is 0 Å². The van der Waals surface area contributed by atoms with Gasteiger partial charge in [-0.05, 0) is 37.5 Å². The fraction of sp³-hybridized carbons (Fsp3) is 0.929. The van der Waals surface area contributed by atoms with Gasteiger partial charge in [0.05, 0.1) is 5.41 Å². The molecule has 1 aliphatic heterocycles. The predicted octanol–water partition coefficient (Wildman–Crippen LogP) is 1.25. The minimum atomic E-state index is -0.229. The van der Waals surface area contributed by atoms with Crippen molar-refractivity contribution < 1.29 is 9.53 Å². The highest BCUT2D eigenvalue weighted by Crippen LogP contribution is 2.46. The zero-order valence-corrected chi connectivity index (χ0v) is 11.7. The topological polar surface area (TPSA) is 55.6 Å². The van der Waals surface area contributed by atoms with Crippen LogP contribution in [0.25, 0.3) is 0 Å². The van der Waals surface area contributed by atoms with Gasteiger partial charge in [0.15, 0.2) is 0 Å². The summed E-state index contributed by atoms with van der Waals surface area (Å²) in [5, 5.41) is 0. The molecule has 1 amide bonds. The molecule has 0 radical (unpaired) electrons. The van der Waals surface area contributed by atoms with Crippen LogP contribution in [0.1, 0.15) is 32.6 Å². The molecule has 0 bridgehead atoms. The van der Waals surface area contributed by atoms with E-state index in [4.69, 9.17) is 10.5 Å². The number of nitrogens with zero attached hydrogens (tertiary/aromatic N) is 1. The van der Waals surface area contributed by atoms with Crippen molar-refractivity contribution in [2.45, 2.75) is 32.6 Å². The summed E-state index contributed by atoms with van der Waals surface area (Å²) in [6.07, 6.45) is 4.08. The molecular formula is C14H26N2O2. The van der Waals surface area contributed by atoms with Gasteiger partial charge < -0.3 is 15.4 Å².